The first-order valence-corrected chi connectivity index (χ1v) is 15.2. The molecular weight excluding hydrogens is 545 g/mol. The van der Waals surface area contributed by atoms with Gasteiger partial charge in [0.05, 0.1) is 6.04 Å². The standard InChI is InChI=1S/C20H21NO.C19H15NS/c1-5-19-18(17-11-6-7-12-20(17)22-19)14-16(3)15(2)10-8-9-13-21-4;1-20-15-9-6-13(7-10-15)14-8-11-19-17(12-14)16-4-2-3-5-18(16)21-19/h5-14H,3H2,1-2,4H3;2-9,11-12,15H,1,10H2/b9-8-,15-10+,18-14-,19-5?,21-13?;. The van der Waals surface area contributed by atoms with Crippen molar-refractivity contribution in [3.8, 4) is 0 Å². The van der Waals surface area contributed by atoms with Crippen molar-refractivity contribution >= 4 is 73.1 Å². The quantitative estimate of drug-likeness (QED) is 0.146. The van der Waals surface area contributed by atoms with Gasteiger partial charge in [0.15, 0.2) is 0 Å². The first-order valence-electron chi connectivity index (χ1n) is 14.4. The van der Waals surface area contributed by atoms with Crippen LogP contribution in [0.4, 0.5) is 0 Å². The fourth-order valence-corrected chi connectivity index (χ4v) is 6.13. The van der Waals surface area contributed by atoms with Crippen LogP contribution in [-0.4, -0.2) is 26.0 Å². The van der Waals surface area contributed by atoms with Crippen LogP contribution in [0.3, 0.4) is 0 Å². The molecule has 0 bridgehead atoms. The Balaban J connectivity index is 0.000000171. The molecule has 2 aromatic heterocycles. The Morgan fingerprint density at radius 3 is 2.49 bits per heavy atom. The zero-order valence-corrected chi connectivity index (χ0v) is 25.8. The molecule has 3 nitrogen and oxygen atoms in total. The van der Waals surface area contributed by atoms with Crippen molar-refractivity contribution in [2.24, 2.45) is 9.98 Å². The van der Waals surface area contributed by atoms with Gasteiger partial charge in [-0.1, -0.05) is 79.4 Å². The van der Waals surface area contributed by atoms with Crippen LogP contribution in [-0.2, 0) is 0 Å². The summed E-state index contributed by atoms with van der Waals surface area (Å²) >= 11 is 1.86. The highest BCUT2D eigenvalue weighted by atomic mass is 32.1. The van der Waals surface area contributed by atoms with Crippen LogP contribution in [0, 0.1) is 0 Å². The second-order valence-corrected chi connectivity index (χ2v) is 11.4. The molecule has 5 aromatic rings. The van der Waals surface area contributed by atoms with Crippen molar-refractivity contribution in [2.75, 3.05) is 7.05 Å². The molecule has 0 amide bonds. The second kappa shape index (κ2) is 13.9. The van der Waals surface area contributed by atoms with Gasteiger partial charge < -0.3 is 4.42 Å². The maximum atomic E-state index is 5.86. The lowest BCUT2D eigenvalue weighted by molar-refractivity contribution is 0.575. The summed E-state index contributed by atoms with van der Waals surface area (Å²) in [6, 6.07) is 23.7. The summed E-state index contributed by atoms with van der Waals surface area (Å²) in [5.74, 6) is 0. The predicted molar refractivity (Wildman–Crippen MR) is 191 cm³/mol. The third kappa shape index (κ3) is 6.82. The number of hydrogen-bond acceptors (Lipinski definition) is 4. The lowest BCUT2D eigenvalue weighted by atomic mass is 9.96. The zero-order valence-electron chi connectivity index (χ0n) is 25.0. The first-order chi connectivity index (χ1) is 21.0. The van der Waals surface area contributed by atoms with Crippen molar-refractivity contribution in [3.63, 3.8) is 0 Å². The van der Waals surface area contributed by atoms with Crippen LogP contribution >= 0.6 is 11.3 Å². The number of aliphatic imine (C=N–C) groups is 2. The number of rotatable bonds is 6. The molecule has 2 heterocycles. The predicted octanol–water partition coefficient (Wildman–Crippen LogP) is 9.24. The van der Waals surface area contributed by atoms with Crippen LogP contribution in [0.15, 0.2) is 135 Å². The van der Waals surface area contributed by atoms with E-state index in [1.807, 2.05) is 67.7 Å². The van der Waals surface area contributed by atoms with Gasteiger partial charge in [0.2, 0.25) is 0 Å². The van der Waals surface area contributed by atoms with E-state index < -0.39 is 0 Å². The Kier molecular flexibility index (Phi) is 9.60. The zero-order chi connectivity index (χ0) is 30.2. The van der Waals surface area contributed by atoms with Crippen molar-refractivity contribution in [1.29, 1.82) is 0 Å². The lowest BCUT2D eigenvalue weighted by Gasteiger charge is -2.12. The minimum absolute atomic E-state index is 0.236. The summed E-state index contributed by atoms with van der Waals surface area (Å²) in [6.45, 7) is 11.8. The highest BCUT2D eigenvalue weighted by Crippen LogP contribution is 2.36. The van der Waals surface area contributed by atoms with Gasteiger partial charge in [0, 0.05) is 44.0 Å². The van der Waals surface area contributed by atoms with E-state index in [1.54, 1.807) is 13.3 Å². The molecule has 4 heteroatoms. The number of benzene rings is 3. The molecule has 6 rings (SSSR count). The maximum Gasteiger partial charge on any atom is 0.135 e. The lowest BCUT2D eigenvalue weighted by Crippen LogP contribution is -2.19. The van der Waals surface area contributed by atoms with Gasteiger partial charge in [-0.2, -0.15) is 0 Å². The smallest absolute Gasteiger partial charge is 0.135 e. The summed E-state index contributed by atoms with van der Waals surface area (Å²) < 4.78 is 8.57. The van der Waals surface area contributed by atoms with E-state index in [4.69, 9.17) is 4.42 Å². The van der Waals surface area contributed by atoms with Gasteiger partial charge in [-0.3, -0.25) is 9.98 Å². The molecule has 3 aromatic carbocycles. The highest BCUT2D eigenvalue weighted by Gasteiger charge is 2.10. The number of hydrogen-bond donors (Lipinski definition) is 0. The van der Waals surface area contributed by atoms with Crippen molar-refractivity contribution in [3.05, 3.63) is 137 Å². The highest BCUT2D eigenvalue weighted by molar-refractivity contribution is 7.25. The molecule has 43 heavy (non-hydrogen) atoms. The molecule has 214 valence electrons. The van der Waals surface area contributed by atoms with Crippen LogP contribution < -0.4 is 10.6 Å². The average Bonchev–Trinajstić information content (AvgIpc) is 3.61. The van der Waals surface area contributed by atoms with E-state index in [0.717, 1.165) is 39.2 Å². The molecule has 0 fully saturated rings. The van der Waals surface area contributed by atoms with Crippen LogP contribution in [0.5, 0.6) is 0 Å². The number of allylic oxidation sites excluding steroid dienone is 7. The van der Waals surface area contributed by atoms with E-state index in [-0.39, 0.29) is 6.04 Å². The normalized spacial score (nSPS) is 16.4. The molecule has 0 spiro atoms. The molecule has 0 N–H and O–H groups in total. The Labute approximate surface area is 257 Å². The average molecular weight is 581 g/mol. The van der Waals surface area contributed by atoms with Crippen molar-refractivity contribution < 1.29 is 4.42 Å². The molecule has 0 radical (unpaired) electrons. The molecule has 1 atom stereocenters. The minimum atomic E-state index is 0.236. The number of nitrogens with zero attached hydrogens (tertiary/aromatic N) is 2. The van der Waals surface area contributed by atoms with Gasteiger partial charge in [-0.05, 0) is 91.8 Å². The largest absolute Gasteiger partial charge is 0.456 e. The summed E-state index contributed by atoms with van der Waals surface area (Å²) in [6.07, 6.45) is 19.2. The summed E-state index contributed by atoms with van der Waals surface area (Å²) in [5.41, 5.74) is 6.41. The Bertz CT molecular complexity index is 2080. The van der Waals surface area contributed by atoms with Gasteiger partial charge in [0.1, 0.15) is 11.0 Å². The molecular formula is C39H36N2OS. The number of fused-ring (bicyclic) bond motifs is 4. The Morgan fingerprint density at radius 1 is 0.977 bits per heavy atom. The number of para-hydroxylation sites is 1. The Morgan fingerprint density at radius 2 is 1.74 bits per heavy atom. The number of furan rings is 1. The Hall–Kier alpha value is -4.80. The van der Waals surface area contributed by atoms with Crippen molar-refractivity contribution in [1.82, 2.24) is 0 Å². The molecule has 0 saturated heterocycles. The molecule has 0 aliphatic heterocycles. The third-order valence-electron chi connectivity index (χ3n) is 7.46. The first kappa shape index (κ1) is 29.7. The van der Waals surface area contributed by atoms with E-state index >= 15 is 0 Å². The monoisotopic (exact) mass is 580 g/mol. The maximum absolute atomic E-state index is 5.86. The van der Waals surface area contributed by atoms with Gasteiger partial charge in [-0.25, -0.2) is 0 Å². The SMILES string of the molecule is C=C(/C=c1\c(=CC)oc2ccccc12)/C(C)=C/C=C\C=NC.C=NC1C=CC(c2ccc3sc4ccccc4c3c2)=CC1. The van der Waals surface area contributed by atoms with Gasteiger partial charge in [0.25, 0.3) is 0 Å². The summed E-state index contributed by atoms with van der Waals surface area (Å²) in [5, 5.41) is 4.89. The third-order valence-corrected chi connectivity index (χ3v) is 8.62. The minimum Gasteiger partial charge on any atom is -0.456 e. The molecule has 1 aliphatic carbocycles. The fourth-order valence-electron chi connectivity index (χ4n) is 5.04. The molecule has 1 unspecified atom stereocenters. The second-order valence-electron chi connectivity index (χ2n) is 10.3. The molecule has 1 aliphatic rings. The van der Waals surface area contributed by atoms with Gasteiger partial charge in [-0.15, -0.1) is 11.3 Å². The summed E-state index contributed by atoms with van der Waals surface area (Å²) in [4.78, 5) is 7.99. The summed E-state index contributed by atoms with van der Waals surface area (Å²) in [7, 11) is 1.75. The van der Waals surface area contributed by atoms with Gasteiger partial charge >= 0.3 is 0 Å². The van der Waals surface area contributed by atoms with E-state index in [1.165, 1.54) is 31.3 Å². The van der Waals surface area contributed by atoms with E-state index in [2.05, 4.69) is 96.1 Å². The molecule has 0 saturated carbocycles. The van der Waals surface area contributed by atoms with Crippen molar-refractivity contribution in [2.45, 2.75) is 26.3 Å². The fraction of sp³-hybridized carbons (Fsp3) is 0.128. The van der Waals surface area contributed by atoms with Crippen LogP contribution in [0.1, 0.15) is 25.8 Å². The topological polar surface area (TPSA) is 37.9 Å². The van der Waals surface area contributed by atoms with E-state index in [0.29, 0.717) is 0 Å². The van der Waals surface area contributed by atoms with E-state index in [9.17, 15) is 0 Å². The van der Waals surface area contributed by atoms with Crippen LogP contribution in [0.2, 0.25) is 0 Å². The van der Waals surface area contributed by atoms with Crippen LogP contribution in [0.25, 0.3) is 48.9 Å². The number of thiophene rings is 1.